The number of ether oxygens (including phenoxy) is 3. The number of carbonyl (C=O) groups is 3. The standard InChI is InChI=1S/C27H30BrFN4O4.C22H22BrFN4O2/c1-27(2,3)37-26(35)33-13-5-6-20(16-33)36-23-12-11-19(14-21(23)24-22(28)15-30-32(24)4)31-25(34)17-7-9-18(29)10-8-17;1-28-21(19(23)13-26-28)18-11-16(27-22(29)14-4-6-15(24)7-5-14)8-9-20(18)30-17-3-2-10-25-12-17/h7-12,14-15,20H,5-6,13,16H2,1-4H3,(H,31,34);4-9,11,13,17,25H,2-3,10,12H2,1H3,(H,27,29). The number of hydrogen-bond donors (Lipinski definition) is 3. The van der Waals surface area contributed by atoms with Gasteiger partial charge in [0.25, 0.3) is 11.8 Å². The Labute approximate surface area is 404 Å². The molecule has 67 heavy (non-hydrogen) atoms. The molecule has 2 aliphatic heterocycles. The van der Waals surface area contributed by atoms with Gasteiger partial charge in [0.2, 0.25) is 0 Å². The first-order valence-corrected chi connectivity index (χ1v) is 23.4. The first kappa shape index (κ1) is 48.8. The van der Waals surface area contributed by atoms with Crippen LogP contribution in [0.25, 0.3) is 22.5 Å². The molecule has 2 saturated heterocycles. The monoisotopic (exact) mass is 1040 g/mol. The maximum Gasteiger partial charge on any atom is 0.410 e. The number of nitrogens with one attached hydrogen (secondary N) is 3. The highest BCUT2D eigenvalue weighted by atomic mass is 79.9. The van der Waals surface area contributed by atoms with Crippen LogP contribution in [0.4, 0.5) is 25.0 Å². The van der Waals surface area contributed by atoms with Gasteiger partial charge in [0.15, 0.2) is 0 Å². The minimum atomic E-state index is -0.571. The highest BCUT2D eigenvalue weighted by Crippen LogP contribution is 2.39. The molecule has 18 heteroatoms. The van der Waals surface area contributed by atoms with E-state index in [-0.39, 0.29) is 35.9 Å². The number of halogens is 4. The molecule has 14 nitrogen and oxygen atoms in total. The van der Waals surface area contributed by atoms with Crippen LogP contribution in [-0.4, -0.2) is 86.4 Å². The summed E-state index contributed by atoms with van der Waals surface area (Å²) in [5.41, 5.74) is 4.48. The second-order valence-electron chi connectivity index (χ2n) is 17.2. The lowest BCUT2D eigenvalue weighted by molar-refractivity contribution is 0.00781. The van der Waals surface area contributed by atoms with Gasteiger partial charge in [-0.1, -0.05) is 0 Å². The molecule has 4 heterocycles. The average Bonchev–Trinajstić information content (AvgIpc) is 3.82. The van der Waals surface area contributed by atoms with Crippen molar-refractivity contribution in [2.75, 3.05) is 36.8 Å². The number of carbonyl (C=O) groups excluding carboxylic acids is 3. The first-order chi connectivity index (χ1) is 32.0. The highest BCUT2D eigenvalue weighted by molar-refractivity contribution is 9.11. The summed E-state index contributed by atoms with van der Waals surface area (Å²) in [5, 5.41) is 17.7. The van der Waals surface area contributed by atoms with Gasteiger partial charge < -0.3 is 35.1 Å². The third-order valence-electron chi connectivity index (χ3n) is 10.9. The Morgan fingerprint density at radius 2 is 1.18 bits per heavy atom. The van der Waals surface area contributed by atoms with Gasteiger partial charge in [-0.25, -0.2) is 13.6 Å². The van der Waals surface area contributed by atoms with Crippen LogP contribution in [0.5, 0.6) is 11.5 Å². The Kier molecular flexibility index (Phi) is 15.8. The lowest BCUT2D eigenvalue weighted by atomic mass is 10.1. The van der Waals surface area contributed by atoms with E-state index in [4.69, 9.17) is 14.2 Å². The van der Waals surface area contributed by atoms with E-state index >= 15 is 0 Å². The Hall–Kier alpha value is -6.11. The summed E-state index contributed by atoms with van der Waals surface area (Å²) in [6, 6.07) is 21.7. The van der Waals surface area contributed by atoms with Gasteiger partial charge in [0.1, 0.15) is 40.9 Å². The second kappa shape index (κ2) is 21.7. The van der Waals surface area contributed by atoms with E-state index in [2.05, 4.69) is 58.0 Å². The van der Waals surface area contributed by atoms with Crippen LogP contribution in [0.3, 0.4) is 0 Å². The van der Waals surface area contributed by atoms with Crippen LogP contribution in [0.2, 0.25) is 0 Å². The second-order valence-corrected chi connectivity index (χ2v) is 18.9. The third kappa shape index (κ3) is 12.9. The quantitative estimate of drug-likeness (QED) is 0.122. The summed E-state index contributed by atoms with van der Waals surface area (Å²) in [5.74, 6) is -0.130. The van der Waals surface area contributed by atoms with E-state index in [1.54, 1.807) is 44.9 Å². The van der Waals surface area contributed by atoms with Crippen molar-refractivity contribution in [1.82, 2.24) is 29.8 Å². The van der Waals surface area contributed by atoms with Crippen molar-refractivity contribution in [2.45, 2.75) is 64.3 Å². The molecule has 0 bridgehead atoms. The number of hydrogen-bond acceptors (Lipinski definition) is 9. The van der Waals surface area contributed by atoms with Crippen molar-refractivity contribution in [3.8, 4) is 34.0 Å². The van der Waals surface area contributed by atoms with Crippen molar-refractivity contribution in [3.63, 3.8) is 0 Å². The fourth-order valence-corrected chi connectivity index (χ4v) is 8.76. The van der Waals surface area contributed by atoms with E-state index in [9.17, 15) is 23.2 Å². The van der Waals surface area contributed by atoms with Crippen LogP contribution >= 0.6 is 31.9 Å². The fourth-order valence-electron chi connectivity index (χ4n) is 7.63. The number of amides is 3. The molecule has 6 aromatic rings. The molecular weight excluding hydrogens is 994 g/mol. The van der Waals surface area contributed by atoms with Gasteiger partial charge in [-0.05, 0) is 170 Å². The van der Waals surface area contributed by atoms with Crippen molar-refractivity contribution in [1.29, 1.82) is 0 Å². The molecule has 8 rings (SSSR count). The topological polar surface area (TPSA) is 154 Å². The van der Waals surface area contributed by atoms with E-state index in [1.807, 2.05) is 53.1 Å². The molecule has 0 radical (unpaired) electrons. The van der Waals surface area contributed by atoms with E-state index in [0.717, 1.165) is 76.0 Å². The Bertz CT molecular complexity index is 2660. The van der Waals surface area contributed by atoms with Gasteiger partial charge in [-0.2, -0.15) is 10.2 Å². The maximum atomic E-state index is 13.3. The molecule has 0 aliphatic carbocycles. The first-order valence-electron chi connectivity index (χ1n) is 21.8. The highest BCUT2D eigenvalue weighted by Gasteiger charge is 2.30. The normalized spacial score (nSPS) is 16.0. The summed E-state index contributed by atoms with van der Waals surface area (Å²) in [4.78, 5) is 39.6. The molecule has 3 amide bonds. The van der Waals surface area contributed by atoms with Crippen LogP contribution in [0.1, 0.15) is 67.2 Å². The maximum absolute atomic E-state index is 13.3. The molecule has 2 aromatic heterocycles. The Morgan fingerprint density at radius 1 is 0.701 bits per heavy atom. The van der Waals surface area contributed by atoms with Crippen LogP contribution in [-0.2, 0) is 18.8 Å². The van der Waals surface area contributed by atoms with Gasteiger partial charge in [0.05, 0.1) is 39.3 Å². The zero-order valence-corrected chi connectivity index (χ0v) is 40.9. The molecule has 2 fully saturated rings. The number of anilines is 2. The molecule has 352 valence electrons. The van der Waals surface area contributed by atoms with Crippen LogP contribution in [0.15, 0.2) is 106 Å². The van der Waals surface area contributed by atoms with Crippen LogP contribution in [0, 0.1) is 11.6 Å². The predicted octanol–water partition coefficient (Wildman–Crippen LogP) is 10.4. The average molecular weight is 1050 g/mol. The lowest BCUT2D eigenvalue weighted by Crippen LogP contribution is -2.46. The lowest BCUT2D eigenvalue weighted by Gasteiger charge is -2.34. The van der Waals surface area contributed by atoms with Crippen molar-refractivity contribution in [2.24, 2.45) is 14.1 Å². The number of benzene rings is 4. The minimum Gasteiger partial charge on any atom is -0.488 e. The summed E-state index contributed by atoms with van der Waals surface area (Å²) < 4.78 is 49.7. The van der Waals surface area contributed by atoms with Gasteiger partial charge in [-0.3, -0.25) is 19.0 Å². The van der Waals surface area contributed by atoms with Gasteiger partial charge in [-0.15, -0.1) is 0 Å². The number of nitrogens with zero attached hydrogens (tertiary/aromatic N) is 5. The predicted molar refractivity (Wildman–Crippen MR) is 259 cm³/mol. The fraction of sp³-hybridized carbons (Fsp3) is 0.327. The van der Waals surface area contributed by atoms with Gasteiger partial charge >= 0.3 is 6.09 Å². The third-order valence-corrected chi connectivity index (χ3v) is 12.0. The smallest absolute Gasteiger partial charge is 0.410 e. The molecular formula is C49H52Br2F2N8O6. The Balaban J connectivity index is 0.000000203. The summed E-state index contributed by atoms with van der Waals surface area (Å²) in [6.07, 6.45) is 6.56. The molecule has 0 saturated carbocycles. The van der Waals surface area contributed by atoms with Crippen LogP contribution < -0.4 is 25.4 Å². The number of rotatable bonds is 10. The SMILES string of the molecule is Cn1ncc(Br)c1-c1cc(NC(=O)c2ccc(F)cc2)ccc1OC1CCCN(C(=O)OC(C)(C)C)C1.Cn1ncc(Br)c1-c1cc(NC(=O)c2ccc(F)cc2)ccc1OC1CCCNC1. The summed E-state index contributed by atoms with van der Waals surface area (Å²) in [7, 11) is 3.67. The van der Waals surface area contributed by atoms with Crippen molar-refractivity contribution < 1.29 is 37.4 Å². The minimum absolute atomic E-state index is 0.0872. The van der Waals surface area contributed by atoms with E-state index < -0.39 is 11.4 Å². The molecule has 3 N–H and O–H groups in total. The van der Waals surface area contributed by atoms with Gasteiger partial charge in [0, 0.05) is 60.8 Å². The molecule has 4 aromatic carbocycles. The molecule has 0 spiro atoms. The number of likely N-dealkylation sites (tertiary alicyclic amines) is 1. The van der Waals surface area contributed by atoms with Crippen molar-refractivity contribution in [3.05, 3.63) is 129 Å². The van der Waals surface area contributed by atoms with E-state index in [0.29, 0.717) is 41.3 Å². The number of piperidine rings is 2. The van der Waals surface area contributed by atoms with Crippen molar-refractivity contribution >= 4 is 61.1 Å². The summed E-state index contributed by atoms with van der Waals surface area (Å²) in [6.45, 7) is 8.36. The number of aryl methyl sites for hydroxylation is 2. The number of aromatic nitrogens is 4. The largest absolute Gasteiger partial charge is 0.488 e. The summed E-state index contributed by atoms with van der Waals surface area (Å²) >= 11 is 7.12. The molecule has 2 unspecified atom stereocenters. The van der Waals surface area contributed by atoms with E-state index in [1.165, 1.54) is 48.5 Å². The molecule has 2 atom stereocenters. The molecule has 2 aliphatic rings. The Morgan fingerprint density at radius 3 is 1.61 bits per heavy atom. The zero-order chi connectivity index (χ0) is 47.8. The zero-order valence-electron chi connectivity index (χ0n) is 37.7.